The van der Waals surface area contributed by atoms with E-state index >= 15 is 0 Å². The Morgan fingerprint density at radius 2 is 2.21 bits per heavy atom. The fraction of sp³-hybridized carbons (Fsp3) is 0.400. The molecule has 76 valence electrons. The van der Waals surface area contributed by atoms with Crippen LogP contribution in [0.15, 0.2) is 28.9 Å². The molecule has 0 amide bonds. The molecule has 0 spiro atoms. The summed E-state index contributed by atoms with van der Waals surface area (Å²) >= 11 is 0. The highest BCUT2D eigenvalue weighted by molar-refractivity contribution is 7.85. The van der Waals surface area contributed by atoms with Crippen molar-refractivity contribution in [3.63, 3.8) is 0 Å². The van der Waals surface area contributed by atoms with Gasteiger partial charge in [-0.3, -0.25) is 4.98 Å². The molecule has 0 aromatic carbocycles. The predicted molar refractivity (Wildman–Crippen MR) is 59.7 cm³/mol. The largest absolute Gasteiger partial charge is 0.264 e. The first-order chi connectivity index (χ1) is 6.50. The second kappa shape index (κ2) is 4.46. The maximum atomic E-state index is 11.5. The third-order valence-electron chi connectivity index (χ3n) is 1.51. The van der Waals surface area contributed by atoms with E-state index in [0.29, 0.717) is 0 Å². The molecule has 1 heterocycles. The van der Waals surface area contributed by atoms with Crippen LogP contribution in [0.2, 0.25) is 0 Å². The first-order valence-corrected chi connectivity index (χ1v) is 5.47. The lowest BCUT2D eigenvalue weighted by Crippen LogP contribution is -2.19. The van der Waals surface area contributed by atoms with Gasteiger partial charge in [0.1, 0.15) is 11.0 Å². The van der Waals surface area contributed by atoms with Crippen molar-refractivity contribution in [3.05, 3.63) is 30.1 Å². The Hall–Kier alpha value is -1.03. The Morgan fingerprint density at radius 1 is 1.50 bits per heavy atom. The summed E-state index contributed by atoms with van der Waals surface area (Å²) in [6.45, 7) is 5.68. The monoisotopic (exact) mass is 210 g/mol. The first-order valence-electron chi connectivity index (χ1n) is 4.36. The van der Waals surface area contributed by atoms with E-state index in [1.54, 1.807) is 18.6 Å². The van der Waals surface area contributed by atoms with E-state index in [0.717, 1.165) is 5.56 Å². The highest BCUT2D eigenvalue weighted by Crippen LogP contribution is 2.11. The van der Waals surface area contributed by atoms with Crippen LogP contribution >= 0.6 is 0 Å². The molecule has 1 aromatic heterocycles. The zero-order valence-electron chi connectivity index (χ0n) is 8.60. The molecule has 1 atom stereocenters. The van der Waals surface area contributed by atoms with Crippen LogP contribution in [0, 0.1) is 0 Å². The van der Waals surface area contributed by atoms with E-state index in [4.69, 9.17) is 0 Å². The Kier molecular flexibility index (Phi) is 3.52. The van der Waals surface area contributed by atoms with Gasteiger partial charge in [-0.2, -0.15) is 4.40 Å². The first kappa shape index (κ1) is 11.0. The smallest absolute Gasteiger partial charge is 0.144 e. The van der Waals surface area contributed by atoms with Crippen molar-refractivity contribution in [2.45, 2.75) is 25.5 Å². The van der Waals surface area contributed by atoms with Gasteiger partial charge in [0, 0.05) is 24.2 Å². The molecule has 0 aliphatic rings. The molecule has 0 radical (unpaired) electrons. The average Bonchev–Trinajstić information content (AvgIpc) is 2.14. The fourth-order valence-corrected chi connectivity index (χ4v) is 1.25. The van der Waals surface area contributed by atoms with Gasteiger partial charge in [0.15, 0.2) is 0 Å². The zero-order valence-corrected chi connectivity index (χ0v) is 9.41. The normalized spacial score (nSPS) is 14.5. The molecule has 0 fully saturated rings. The Labute approximate surface area is 86.9 Å². The van der Waals surface area contributed by atoms with Crippen LogP contribution in [0.4, 0.5) is 0 Å². The van der Waals surface area contributed by atoms with Gasteiger partial charge in [-0.15, -0.1) is 0 Å². The Morgan fingerprint density at radius 3 is 2.71 bits per heavy atom. The van der Waals surface area contributed by atoms with Crippen LogP contribution in [0.25, 0.3) is 0 Å². The van der Waals surface area contributed by atoms with E-state index in [9.17, 15) is 4.21 Å². The molecule has 14 heavy (non-hydrogen) atoms. The summed E-state index contributed by atoms with van der Waals surface area (Å²) in [6.07, 6.45) is 4.97. The summed E-state index contributed by atoms with van der Waals surface area (Å²) in [5.74, 6) is 0. The third-order valence-corrected chi connectivity index (χ3v) is 2.85. The van der Waals surface area contributed by atoms with Gasteiger partial charge < -0.3 is 0 Å². The number of rotatable bonds is 2. The van der Waals surface area contributed by atoms with Gasteiger partial charge in [-0.05, 0) is 26.8 Å². The van der Waals surface area contributed by atoms with Crippen molar-refractivity contribution in [1.29, 1.82) is 0 Å². The van der Waals surface area contributed by atoms with Gasteiger partial charge in [0.05, 0.1) is 4.75 Å². The number of nitrogens with zero attached hydrogens (tertiary/aromatic N) is 2. The summed E-state index contributed by atoms with van der Waals surface area (Å²) in [4.78, 5) is 3.93. The predicted octanol–water partition coefficient (Wildman–Crippen LogP) is 1.96. The molecule has 0 bridgehead atoms. The standard InChI is InChI=1S/C10H14N2OS/c1-10(2,3)14(13)12-8-9-5-4-6-11-7-9/h4-8H,1-3H3/t14-/m1/s1. The van der Waals surface area contributed by atoms with Crippen molar-refractivity contribution in [2.24, 2.45) is 4.40 Å². The molecular formula is C10H14N2OS. The topological polar surface area (TPSA) is 42.3 Å². The van der Waals surface area contributed by atoms with Crippen LogP contribution in [0.5, 0.6) is 0 Å². The van der Waals surface area contributed by atoms with Crippen molar-refractivity contribution in [3.8, 4) is 0 Å². The summed E-state index contributed by atoms with van der Waals surface area (Å²) < 4.78 is 15.2. The van der Waals surface area contributed by atoms with Gasteiger partial charge in [-0.1, -0.05) is 6.07 Å². The fourth-order valence-electron chi connectivity index (χ4n) is 0.719. The van der Waals surface area contributed by atoms with Gasteiger partial charge in [0.25, 0.3) is 0 Å². The molecule has 1 rings (SSSR count). The lowest BCUT2D eigenvalue weighted by atomic mass is 10.3. The second-order valence-corrected chi connectivity index (χ2v) is 5.82. The number of pyridine rings is 1. The quantitative estimate of drug-likeness (QED) is 0.700. The van der Waals surface area contributed by atoms with Crippen LogP contribution in [-0.2, 0) is 11.0 Å². The highest BCUT2D eigenvalue weighted by Gasteiger charge is 2.17. The maximum Gasteiger partial charge on any atom is 0.144 e. The number of hydrogen-bond donors (Lipinski definition) is 0. The van der Waals surface area contributed by atoms with E-state index in [2.05, 4.69) is 9.38 Å². The van der Waals surface area contributed by atoms with Crippen molar-refractivity contribution < 1.29 is 4.21 Å². The van der Waals surface area contributed by atoms with E-state index in [1.165, 1.54) is 0 Å². The van der Waals surface area contributed by atoms with Gasteiger partial charge in [0.2, 0.25) is 0 Å². The molecule has 4 heteroatoms. The molecule has 0 saturated carbocycles. The molecule has 0 saturated heterocycles. The Bertz CT molecular complexity index is 341. The molecule has 1 aromatic rings. The minimum absolute atomic E-state index is 0.307. The van der Waals surface area contributed by atoms with Crippen molar-refractivity contribution in [2.75, 3.05) is 0 Å². The van der Waals surface area contributed by atoms with E-state index in [1.807, 2.05) is 32.9 Å². The minimum atomic E-state index is -1.20. The van der Waals surface area contributed by atoms with E-state index in [-0.39, 0.29) is 4.75 Å². The lowest BCUT2D eigenvalue weighted by Gasteiger charge is -2.12. The van der Waals surface area contributed by atoms with Gasteiger partial charge >= 0.3 is 0 Å². The second-order valence-electron chi connectivity index (χ2n) is 3.88. The molecule has 3 nitrogen and oxygen atoms in total. The summed E-state index contributed by atoms with van der Waals surface area (Å²) in [5.41, 5.74) is 0.866. The lowest BCUT2D eigenvalue weighted by molar-refractivity contribution is 0.651. The van der Waals surface area contributed by atoms with Crippen LogP contribution in [0.3, 0.4) is 0 Å². The minimum Gasteiger partial charge on any atom is -0.264 e. The summed E-state index contributed by atoms with van der Waals surface area (Å²) in [5, 5.41) is 0. The van der Waals surface area contributed by atoms with Crippen LogP contribution in [-0.4, -0.2) is 20.2 Å². The Balaban J connectivity index is 2.71. The van der Waals surface area contributed by atoms with Crippen molar-refractivity contribution in [1.82, 2.24) is 4.98 Å². The zero-order chi connectivity index (χ0) is 10.6. The maximum absolute atomic E-state index is 11.5. The molecule has 0 N–H and O–H groups in total. The van der Waals surface area contributed by atoms with Crippen LogP contribution < -0.4 is 0 Å². The number of aromatic nitrogens is 1. The van der Waals surface area contributed by atoms with Crippen molar-refractivity contribution >= 4 is 17.2 Å². The molecule has 0 aliphatic heterocycles. The average molecular weight is 210 g/mol. The summed E-state index contributed by atoms with van der Waals surface area (Å²) in [7, 11) is -1.20. The summed E-state index contributed by atoms with van der Waals surface area (Å²) in [6, 6.07) is 3.69. The third kappa shape index (κ3) is 3.38. The molecular weight excluding hydrogens is 196 g/mol. The molecule has 0 unspecified atom stereocenters. The van der Waals surface area contributed by atoms with Gasteiger partial charge in [-0.25, -0.2) is 4.21 Å². The van der Waals surface area contributed by atoms with E-state index < -0.39 is 11.0 Å². The SMILES string of the molecule is CC(C)(C)[S@@](=O)N=Cc1cccnc1. The number of hydrogen-bond acceptors (Lipinski definition) is 2. The molecule has 0 aliphatic carbocycles. The van der Waals surface area contributed by atoms with Crippen LogP contribution in [0.1, 0.15) is 26.3 Å². The highest BCUT2D eigenvalue weighted by atomic mass is 32.2.